The first-order chi connectivity index (χ1) is 16.5. The maximum Gasteiger partial charge on any atom is 0.337 e. The molecule has 2 N–H and O–H groups in total. The SMILES string of the molecule is O=C(O)c1ccccc1N1C(=O)[C@H]2Cc3c([nH]c4ccccc34)[C@H](c3cccc(Cl)c3)N2C1=O. The molecule has 1 fully saturated rings. The number of rotatable bonds is 3. The van der Waals surface area contributed by atoms with Gasteiger partial charge in [-0.05, 0) is 41.5 Å². The molecule has 8 heteroatoms. The van der Waals surface area contributed by atoms with Crippen LogP contribution in [0.15, 0.2) is 72.8 Å². The quantitative estimate of drug-likeness (QED) is 0.411. The minimum absolute atomic E-state index is 0.0674. The van der Waals surface area contributed by atoms with Crippen molar-refractivity contribution in [2.75, 3.05) is 4.90 Å². The monoisotopic (exact) mass is 471 g/mol. The number of halogens is 1. The van der Waals surface area contributed by atoms with Gasteiger partial charge in [0.05, 0.1) is 11.3 Å². The number of hydrogen-bond donors (Lipinski definition) is 2. The normalized spacial score (nSPS) is 19.4. The predicted octanol–water partition coefficient (Wildman–Crippen LogP) is 5.00. The number of fused-ring (bicyclic) bond motifs is 4. The van der Waals surface area contributed by atoms with Gasteiger partial charge in [0.1, 0.15) is 12.1 Å². The average molecular weight is 472 g/mol. The second-order valence-corrected chi connectivity index (χ2v) is 8.86. The molecule has 1 aromatic heterocycles. The van der Waals surface area contributed by atoms with E-state index in [0.29, 0.717) is 11.4 Å². The highest BCUT2D eigenvalue weighted by Gasteiger charge is 2.53. The topological polar surface area (TPSA) is 93.7 Å². The van der Waals surface area contributed by atoms with Crippen molar-refractivity contribution in [2.24, 2.45) is 0 Å². The fourth-order valence-electron chi connectivity index (χ4n) is 5.17. The Balaban J connectivity index is 1.56. The number of nitrogens with zero attached hydrogens (tertiary/aromatic N) is 2. The zero-order valence-electron chi connectivity index (χ0n) is 17.7. The molecule has 0 aliphatic carbocycles. The number of benzene rings is 3. The molecule has 3 amide bonds. The van der Waals surface area contributed by atoms with Gasteiger partial charge in [-0.3, -0.25) is 9.69 Å². The van der Waals surface area contributed by atoms with Crippen LogP contribution in [0.3, 0.4) is 0 Å². The Hall–Kier alpha value is -4.10. The zero-order valence-corrected chi connectivity index (χ0v) is 18.5. The summed E-state index contributed by atoms with van der Waals surface area (Å²) in [7, 11) is 0. The van der Waals surface area contributed by atoms with Gasteiger partial charge in [0.2, 0.25) is 0 Å². The van der Waals surface area contributed by atoms with Gasteiger partial charge in [-0.1, -0.05) is 54.1 Å². The van der Waals surface area contributed by atoms with Crippen LogP contribution in [0.25, 0.3) is 10.9 Å². The maximum absolute atomic E-state index is 13.8. The lowest BCUT2D eigenvalue weighted by molar-refractivity contribution is -0.120. The van der Waals surface area contributed by atoms with E-state index >= 15 is 0 Å². The first kappa shape index (κ1) is 20.5. The largest absolute Gasteiger partial charge is 0.478 e. The van der Waals surface area contributed by atoms with Crippen LogP contribution in [0.4, 0.5) is 10.5 Å². The summed E-state index contributed by atoms with van der Waals surface area (Å²) in [5.74, 6) is -1.65. The van der Waals surface area contributed by atoms with Gasteiger partial charge in [0, 0.05) is 28.0 Å². The molecule has 34 heavy (non-hydrogen) atoms. The van der Waals surface area contributed by atoms with E-state index in [0.717, 1.165) is 32.6 Å². The van der Waals surface area contributed by atoms with Gasteiger partial charge >= 0.3 is 12.0 Å². The molecule has 3 aromatic carbocycles. The molecule has 0 spiro atoms. The Labute approximate surface area is 199 Å². The fourth-order valence-corrected chi connectivity index (χ4v) is 5.37. The van der Waals surface area contributed by atoms with Crippen LogP contribution in [0.5, 0.6) is 0 Å². The van der Waals surface area contributed by atoms with Crippen LogP contribution in [0.1, 0.15) is 33.2 Å². The Bertz CT molecular complexity index is 1510. The number of hydrogen-bond acceptors (Lipinski definition) is 3. The number of urea groups is 1. The molecule has 2 aliphatic rings. The first-order valence-electron chi connectivity index (χ1n) is 10.8. The molecule has 6 rings (SSSR count). The molecule has 0 unspecified atom stereocenters. The van der Waals surface area contributed by atoms with E-state index in [1.165, 1.54) is 12.1 Å². The molecular weight excluding hydrogens is 454 g/mol. The van der Waals surface area contributed by atoms with E-state index in [2.05, 4.69) is 4.98 Å². The summed E-state index contributed by atoms with van der Waals surface area (Å²) in [6, 6.07) is 19.2. The van der Waals surface area contributed by atoms with Crippen molar-refractivity contribution in [3.63, 3.8) is 0 Å². The molecule has 1 saturated heterocycles. The number of amides is 3. The second-order valence-electron chi connectivity index (χ2n) is 8.43. The minimum atomic E-state index is -1.20. The number of aromatic carboxylic acids is 1. The van der Waals surface area contributed by atoms with E-state index in [1.807, 2.05) is 36.4 Å². The van der Waals surface area contributed by atoms with Gasteiger partial charge in [-0.25, -0.2) is 14.5 Å². The number of aromatic nitrogens is 1. The molecule has 2 atom stereocenters. The van der Waals surface area contributed by atoms with Crippen molar-refractivity contribution >= 4 is 46.1 Å². The highest BCUT2D eigenvalue weighted by atomic mass is 35.5. The molecular formula is C26H18ClN3O4. The number of carboxylic acid groups (broad SMARTS) is 1. The van der Waals surface area contributed by atoms with Gasteiger partial charge in [0.25, 0.3) is 5.91 Å². The van der Waals surface area contributed by atoms with Crippen molar-refractivity contribution in [2.45, 2.75) is 18.5 Å². The minimum Gasteiger partial charge on any atom is -0.478 e. The lowest BCUT2D eigenvalue weighted by Crippen LogP contribution is -2.44. The lowest BCUT2D eigenvalue weighted by atomic mass is 9.89. The number of H-pyrrole nitrogens is 1. The van der Waals surface area contributed by atoms with Gasteiger partial charge in [-0.2, -0.15) is 0 Å². The number of nitrogens with one attached hydrogen (secondary N) is 1. The number of carboxylic acids is 1. The van der Waals surface area contributed by atoms with Crippen molar-refractivity contribution in [1.29, 1.82) is 0 Å². The predicted molar refractivity (Wildman–Crippen MR) is 127 cm³/mol. The lowest BCUT2D eigenvalue weighted by Gasteiger charge is -2.36. The van der Waals surface area contributed by atoms with E-state index in [9.17, 15) is 19.5 Å². The Morgan fingerprint density at radius 2 is 1.76 bits per heavy atom. The summed E-state index contributed by atoms with van der Waals surface area (Å²) in [5, 5.41) is 11.2. The molecule has 0 saturated carbocycles. The summed E-state index contributed by atoms with van der Waals surface area (Å²) in [6.45, 7) is 0. The van der Waals surface area contributed by atoms with Crippen LogP contribution in [-0.2, 0) is 11.2 Å². The highest BCUT2D eigenvalue weighted by molar-refractivity contribution is 6.30. The molecule has 7 nitrogen and oxygen atoms in total. The fraction of sp³-hybridized carbons (Fsp3) is 0.115. The van der Waals surface area contributed by atoms with E-state index < -0.39 is 30.0 Å². The Kier molecular flexibility index (Phi) is 4.50. The Morgan fingerprint density at radius 3 is 2.56 bits per heavy atom. The van der Waals surface area contributed by atoms with Crippen LogP contribution in [0, 0.1) is 0 Å². The van der Waals surface area contributed by atoms with E-state index in [4.69, 9.17) is 11.6 Å². The van der Waals surface area contributed by atoms with Crippen LogP contribution in [0.2, 0.25) is 5.02 Å². The van der Waals surface area contributed by atoms with Crippen LogP contribution < -0.4 is 4.90 Å². The Morgan fingerprint density at radius 1 is 1.00 bits per heavy atom. The van der Waals surface area contributed by atoms with E-state index in [1.54, 1.807) is 29.2 Å². The zero-order chi connectivity index (χ0) is 23.6. The number of aromatic amines is 1. The molecule has 0 bridgehead atoms. The molecule has 3 heterocycles. The number of anilines is 1. The van der Waals surface area contributed by atoms with Gasteiger partial charge in [-0.15, -0.1) is 0 Å². The summed E-state index contributed by atoms with van der Waals surface area (Å²) in [4.78, 5) is 45.3. The van der Waals surface area contributed by atoms with Crippen LogP contribution in [-0.4, -0.2) is 38.9 Å². The van der Waals surface area contributed by atoms with Crippen molar-refractivity contribution in [3.8, 4) is 0 Å². The number of carbonyl (C=O) groups excluding carboxylic acids is 2. The molecule has 2 aliphatic heterocycles. The van der Waals surface area contributed by atoms with Crippen LogP contribution >= 0.6 is 11.6 Å². The summed E-state index contributed by atoms with van der Waals surface area (Å²) in [5.41, 5.74) is 3.45. The first-order valence-corrected chi connectivity index (χ1v) is 11.2. The standard InChI is InChI=1S/C26H18ClN3O4/c27-15-7-5-6-14(12-15)23-22-18(16-8-1-3-10-19(16)28-22)13-21-24(31)30(26(34)29(21)23)20-11-4-2-9-17(20)25(32)33/h1-12,21,23,28H,13H2,(H,32,33)/t21-,23+/m1/s1. The highest BCUT2D eigenvalue weighted by Crippen LogP contribution is 2.45. The third-order valence-electron chi connectivity index (χ3n) is 6.59. The smallest absolute Gasteiger partial charge is 0.337 e. The molecule has 0 radical (unpaired) electrons. The molecule has 4 aromatic rings. The average Bonchev–Trinajstić information content (AvgIpc) is 3.32. The summed E-state index contributed by atoms with van der Waals surface area (Å²) >= 11 is 6.30. The van der Waals surface area contributed by atoms with E-state index in [-0.39, 0.29) is 11.3 Å². The molecule has 168 valence electrons. The number of carbonyl (C=O) groups is 3. The third-order valence-corrected chi connectivity index (χ3v) is 6.82. The van der Waals surface area contributed by atoms with Gasteiger partial charge in [0.15, 0.2) is 0 Å². The second kappa shape index (κ2) is 7.46. The number of imide groups is 1. The van der Waals surface area contributed by atoms with Crippen molar-refractivity contribution in [1.82, 2.24) is 9.88 Å². The third kappa shape index (κ3) is 2.87. The number of para-hydroxylation sites is 2. The maximum atomic E-state index is 13.8. The van der Waals surface area contributed by atoms with Gasteiger partial charge < -0.3 is 10.1 Å². The summed E-state index contributed by atoms with van der Waals surface area (Å²) < 4.78 is 0. The van der Waals surface area contributed by atoms with Crippen molar-refractivity contribution < 1.29 is 19.5 Å². The summed E-state index contributed by atoms with van der Waals surface area (Å²) in [6.07, 6.45) is 0.326. The van der Waals surface area contributed by atoms with Crippen molar-refractivity contribution in [3.05, 3.63) is 100 Å².